The van der Waals surface area contributed by atoms with Crippen LogP contribution in [0.1, 0.15) is 30.5 Å². The molecule has 0 aliphatic carbocycles. The zero-order chi connectivity index (χ0) is 12.8. The molecule has 1 heterocycles. The second kappa shape index (κ2) is 6.36. The van der Waals surface area contributed by atoms with Gasteiger partial charge in [-0.05, 0) is 30.5 Å². The van der Waals surface area contributed by atoms with Crippen molar-refractivity contribution in [3.63, 3.8) is 0 Å². The van der Waals surface area contributed by atoms with Crippen LogP contribution in [-0.2, 0) is 13.5 Å². The second-order valence-electron chi connectivity index (χ2n) is 4.60. The smallest absolute Gasteiger partial charge is 0.0522 e. The van der Waals surface area contributed by atoms with E-state index in [9.17, 15) is 0 Å². The van der Waals surface area contributed by atoms with E-state index >= 15 is 0 Å². The van der Waals surface area contributed by atoms with Crippen molar-refractivity contribution >= 4 is 0 Å². The zero-order valence-corrected chi connectivity index (χ0v) is 11.1. The lowest BCUT2D eigenvalue weighted by atomic mass is 10.0. The van der Waals surface area contributed by atoms with Gasteiger partial charge < -0.3 is 5.32 Å². The van der Waals surface area contributed by atoms with Crippen LogP contribution in [0.25, 0.3) is 0 Å². The van der Waals surface area contributed by atoms with E-state index in [4.69, 9.17) is 0 Å². The fourth-order valence-electron chi connectivity index (χ4n) is 2.17. The number of benzene rings is 1. The Morgan fingerprint density at radius 3 is 2.67 bits per heavy atom. The summed E-state index contributed by atoms with van der Waals surface area (Å²) in [4.78, 5) is 0. The van der Waals surface area contributed by atoms with Gasteiger partial charge in [0.1, 0.15) is 0 Å². The molecule has 3 nitrogen and oxygen atoms in total. The highest BCUT2D eigenvalue weighted by molar-refractivity contribution is 5.18. The van der Waals surface area contributed by atoms with E-state index in [0.717, 1.165) is 19.4 Å². The van der Waals surface area contributed by atoms with Crippen molar-refractivity contribution in [3.05, 3.63) is 53.9 Å². The SMILES string of the molecule is CCC(NCCc1cnn(C)c1)c1ccccc1. The molecular formula is C15H21N3. The van der Waals surface area contributed by atoms with Crippen LogP contribution >= 0.6 is 0 Å². The normalized spacial score (nSPS) is 12.6. The first kappa shape index (κ1) is 12.8. The summed E-state index contributed by atoms with van der Waals surface area (Å²) in [6.45, 7) is 3.20. The fourth-order valence-corrected chi connectivity index (χ4v) is 2.17. The third-order valence-corrected chi connectivity index (χ3v) is 3.17. The molecule has 0 saturated heterocycles. The van der Waals surface area contributed by atoms with Gasteiger partial charge >= 0.3 is 0 Å². The van der Waals surface area contributed by atoms with Crippen molar-refractivity contribution in [2.75, 3.05) is 6.54 Å². The molecule has 1 atom stereocenters. The minimum atomic E-state index is 0.447. The van der Waals surface area contributed by atoms with Crippen LogP contribution in [0.2, 0.25) is 0 Å². The van der Waals surface area contributed by atoms with Crippen molar-refractivity contribution in [1.82, 2.24) is 15.1 Å². The largest absolute Gasteiger partial charge is 0.310 e. The standard InChI is InChI=1S/C15H21N3/c1-3-15(14-7-5-4-6-8-14)16-10-9-13-11-17-18(2)12-13/h4-8,11-12,15-16H,3,9-10H2,1-2H3. The maximum atomic E-state index is 4.18. The molecule has 0 spiro atoms. The summed E-state index contributed by atoms with van der Waals surface area (Å²) in [6, 6.07) is 11.1. The number of nitrogens with zero attached hydrogens (tertiary/aromatic N) is 2. The van der Waals surface area contributed by atoms with Gasteiger partial charge in [0.15, 0.2) is 0 Å². The third kappa shape index (κ3) is 3.44. The molecule has 0 saturated carbocycles. The molecule has 0 bridgehead atoms. The first-order chi connectivity index (χ1) is 8.79. The molecular weight excluding hydrogens is 222 g/mol. The quantitative estimate of drug-likeness (QED) is 0.845. The van der Waals surface area contributed by atoms with E-state index < -0.39 is 0 Å². The van der Waals surface area contributed by atoms with Gasteiger partial charge in [-0.1, -0.05) is 37.3 Å². The van der Waals surface area contributed by atoms with E-state index in [0.29, 0.717) is 6.04 Å². The van der Waals surface area contributed by atoms with E-state index in [-0.39, 0.29) is 0 Å². The van der Waals surface area contributed by atoms with Crippen molar-refractivity contribution in [1.29, 1.82) is 0 Å². The van der Waals surface area contributed by atoms with Crippen LogP contribution in [0.4, 0.5) is 0 Å². The lowest BCUT2D eigenvalue weighted by molar-refractivity contribution is 0.522. The van der Waals surface area contributed by atoms with Gasteiger partial charge in [-0.2, -0.15) is 5.10 Å². The Kier molecular flexibility index (Phi) is 4.53. The predicted molar refractivity (Wildman–Crippen MR) is 74.4 cm³/mol. The molecule has 0 aliphatic rings. The minimum absolute atomic E-state index is 0.447. The van der Waals surface area contributed by atoms with Gasteiger partial charge in [-0.15, -0.1) is 0 Å². The number of aromatic nitrogens is 2. The van der Waals surface area contributed by atoms with Crippen molar-refractivity contribution in [2.24, 2.45) is 7.05 Å². The number of hydrogen-bond donors (Lipinski definition) is 1. The predicted octanol–water partition coefficient (Wildman–Crippen LogP) is 2.70. The van der Waals surface area contributed by atoms with E-state index in [1.54, 1.807) is 0 Å². The zero-order valence-electron chi connectivity index (χ0n) is 11.1. The first-order valence-electron chi connectivity index (χ1n) is 6.55. The Labute approximate surface area is 109 Å². The van der Waals surface area contributed by atoms with Gasteiger partial charge in [0.2, 0.25) is 0 Å². The van der Waals surface area contributed by atoms with Crippen LogP contribution in [0, 0.1) is 0 Å². The van der Waals surface area contributed by atoms with Gasteiger partial charge in [-0.25, -0.2) is 0 Å². The molecule has 0 amide bonds. The van der Waals surface area contributed by atoms with E-state index in [1.165, 1.54) is 11.1 Å². The molecule has 18 heavy (non-hydrogen) atoms. The molecule has 1 unspecified atom stereocenters. The van der Waals surface area contributed by atoms with Crippen LogP contribution < -0.4 is 5.32 Å². The molecule has 2 rings (SSSR count). The molecule has 2 aromatic rings. The van der Waals surface area contributed by atoms with Crippen molar-refractivity contribution in [3.8, 4) is 0 Å². The second-order valence-corrected chi connectivity index (χ2v) is 4.60. The molecule has 1 aromatic carbocycles. The van der Waals surface area contributed by atoms with E-state index in [1.807, 2.05) is 17.9 Å². The molecule has 0 radical (unpaired) electrons. The van der Waals surface area contributed by atoms with Gasteiger partial charge in [-0.3, -0.25) is 4.68 Å². The minimum Gasteiger partial charge on any atom is -0.310 e. The van der Waals surface area contributed by atoms with Crippen molar-refractivity contribution in [2.45, 2.75) is 25.8 Å². The Bertz CT molecular complexity index is 462. The molecule has 1 aromatic heterocycles. The number of hydrogen-bond acceptors (Lipinski definition) is 2. The Balaban J connectivity index is 1.84. The Hall–Kier alpha value is -1.61. The maximum absolute atomic E-state index is 4.18. The summed E-state index contributed by atoms with van der Waals surface area (Å²) in [5.41, 5.74) is 2.65. The topological polar surface area (TPSA) is 29.9 Å². The molecule has 3 heteroatoms. The highest BCUT2D eigenvalue weighted by atomic mass is 15.2. The van der Waals surface area contributed by atoms with Crippen LogP contribution in [0.5, 0.6) is 0 Å². The summed E-state index contributed by atoms with van der Waals surface area (Å²) in [5, 5.41) is 7.79. The fraction of sp³-hybridized carbons (Fsp3) is 0.400. The van der Waals surface area contributed by atoms with E-state index in [2.05, 4.69) is 53.9 Å². The number of nitrogens with one attached hydrogen (secondary N) is 1. The molecule has 1 N–H and O–H groups in total. The lowest BCUT2D eigenvalue weighted by Gasteiger charge is -2.17. The Morgan fingerprint density at radius 1 is 1.28 bits per heavy atom. The van der Waals surface area contributed by atoms with Gasteiger partial charge in [0, 0.05) is 19.3 Å². The van der Waals surface area contributed by atoms with Gasteiger partial charge in [0.25, 0.3) is 0 Å². The lowest BCUT2D eigenvalue weighted by Crippen LogP contribution is -2.23. The highest BCUT2D eigenvalue weighted by Crippen LogP contribution is 2.15. The van der Waals surface area contributed by atoms with Crippen LogP contribution in [0.15, 0.2) is 42.7 Å². The maximum Gasteiger partial charge on any atom is 0.0522 e. The first-order valence-corrected chi connectivity index (χ1v) is 6.55. The summed E-state index contributed by atoms with van der Waals surface area (Å²) in [6.07, 6.45) is 6.14. The monoisotopic (exact) mass is 243 g/mol. The Morgan fingerprint density at radius 2 is 2.06 bits per heavy atom. The number of aryl methyl sites for hydroxylation is 1. The van der Waals surface area contributed by atoms with Crippen molar-refractivity contribution < 1.29 is 0 Å². The molecule has 96 valence electrons. The summed E-state index contributed by atoms with van der Waals surface area (Å²) in [5.74, 6) is 0. The summed E-state index contributed by atoms with van der Waals surface area (Å²) >= 11 is 0. The highest BCUT2D eigenvalue weighted by Gasteiger charge is 2.07. The summed E-state index contributed by atoms with van der Waals surface area (Å²) < 4.78 is 1.85. The van der Waals surface area contributed by atoms with Gasteiger partial charge in [0.05, 0.1) is 6.20 Å². The summed E-state index contributed by atoms with van der Waals surface area (Å²) in [7, 11) is 1.95. The average molecular weight is 243 g/mol. The molecule has 0 aliphatic heterocycles. The average Bonchev–Trinajstić information content (AvgIpc) is 2.81. The third-order valence-electron chi connectivity index (χ3n) is 3.17. The molecule has 0 fully saturated rings. The van der Waals surface area contributed by atoms with Crippen LogP contribution in [-0.4, -0.2) is 16.3 Å². The van der Waals surface area contributed by atoms with Crippen LogP contribution in [0.3, 0.4) is 0 Å². The number of rotatable bonds is 6.